The predicted molar refractivity (Wildman–Crippen MR) is 119 cm³/mol. The summed E-state index contributed by atoms with van der Waals surface area (Å²) in [5.41, 5.74) is 1.80. The van der Waals surface area contributed by atoms with Crippen LogP contribution in [-0.2, 0) is 0 Å². The first-order valence-corrected chi connectivity index (χ1v) is 9.79. The van der Waals surface area contributed by atoms with E-state index >= 15 is 0 Å². The van der Waals surface area contributed by atoms with E-state index in [4.69, 9.17) is 4.99 Å². The van der Waals surface area contributed by atoms with Gasteiger partial charge in [0.25, 0.3) is 0 Å². The highest BCUT2D eigenvalue weighted by Crippen LogP contribution is 2.40. The first-order chi connectivity index (χ1) is 13.0. The van der Waals surface area contributed by atoms with Crippen LogP contribution >= 0.6 is 36.2 Å². The Hall–Kier alpha value is -1.45. The summed E-state index contributed by atoms with van der Waals surface area (Å²) in [4.78, 5) is 10.3. The molecule has 4 rings (SSSR count). The van der Waals surface area contributed by atoms with Crippen molar-refractivity contribution in [3.05, 3.63) is 40.3 Å². The van der Waals surface area contributed by atoms with E-state index in [9.17, 15) is 13.9 Å². The number of likely N-dealkylation sites (N-methyl/N-ethyl adjacent to an activating group) is 1. The summed E-state index contributed by atoms with van der Waals surface area (Å²) in [7, 11) is 2.06. The third-order valence-electron chi connectivity index (χ3n) is 5.15. The number of halogens is 4. The van der Waals surface area contributed by atoms with Gasteiger partial charge in [-0.2, -0.15) is 0 Å². The molecule has 0 aliphatic carbocycles. The maximum absolute atomic E-state index is 13.8. The van der Waals surface area contributed by atoms with Gasteiger partial charge in [0.1, 0.15) is 10.8 Å². The molecule has 3 heterocycles. The minimum atomic E-state index is -0.906. The first kappa shape index (κ1) is 23.8. The molecular formula is C19H24Cl2F2N4OS. The Kier molecular flexibility index (Phi) is 7.86. The van der Waals surface area contributed by atoms with Gasteiger partial charge < -0.3 is 15.3 Å². The molecule has 0 radical (unpaired) electrons. The molecule has 2 aromatic rings. The van der Waals surface area contributed by atoms with Crippen molar-refractivity contribution < 1.29 is 13.9 Å². The first-order valence-electron chi connectivity index (χ1n) is 8.98. The molecule has 0 unspecified atom stereocenters. The molecule has 29 heavy (non-hydrogen) atoms. The van der Waals surface area contributed by atoms with E-state index in [2.05, 4.69) is 28.2 Å². The van der Waals surface area contributed by atoms with Crippen molar-refractivity contribution in [3.63, 3.8) is 0 Å². The van der Waals surface area contributed by atoms with Crippen molar-refractivity contribution in [1.82, 2.24) is 9.80 Å². The molecule has 1 saturated heterocycles. The Morgan fingerprint density at radius 1 is 1.21 bits per heavy atom. The minimum absolute atomic E-state index is 0. The fourth-order valence-corrected chi connectivity index (χ4v) is 4.56. The van der Waals surface area contributed by atoms with Gasteiger partial charge in [-0.15, -0.1) is 36.2 Å². The molecule has 0 bridgehead atoms. The van der Waals surface area contributed by atoms with Crippen molar-refractivity contribution in [2.24, 2.45) is 4.99 Å². The second-order valence-corrected chi connectivity index (χ2v) is 8.29. The molecule has 2 N–H and O–H groups in total. The zero-order valence-corrected chi connectivity index (χ0v) is 18.6. The summed E-state index contributed by atoms with van der Waals surface area (Å²) in [6, 6.07) is 4.58. The quantitative estimate of drug-likeness (QED) is 0.694. The maximum Gasteiger partial charge on any atom is 0.161 e. The molecule has 1 atom stereocenters. The highest BCUT2D eigenvalue weighted by Gasteiger charge is 2.30. The van der Waals surface area contributed by atoms with Crippen LogP contribution in [0, 0.1) is 18.6 Å². The van der Waals surface area contributed by atoms with Crippen LogP contribution in [-0.4, -0.2) is 60.1 Å². The Morgan fingerprint density at radius 2 is 1.93 bits per heavy atom. The number of hydrogen-bond acceptors (Lipinski definition) is 6. The zero-order valence-electron chi connectivity index (χ0n) is 16.1. The summed E-state index contributed by atoms with van der Waals surface area (Å²) in [6.07, 6.45) is 0.685. The fraction of sp³-hybridized carbons (Fsp3) is 0.421. The van der Waals surface area contributed by atoms with Crippen LogP contribution in [0.4, 0.5) is 25.2 Å². The number of hydrogen-bond donors (Lipinski definition) is 2. The van der Waals surface area contributed by atoms with E-state index in [1.54, 1.807) is 11.3 Å². The number of aliphatic imine (C=N–C) groups is 1. The molecule has 2 aliphatic rings. The largest absolute Gasteiger partial charge is 0.396 e. The third kappa shape index (κ3) is 4.67. The molecule has 160 valence electrons. The summed E-state index contributed by atoms with van der Waals surface area (Å²) in [5.74, 6) is -1.03. The molecule has 2 aliphatic heterocycles. The number of aryl methyl sites for hydroxylation is 1. The second kappa shape index (κ2) is 9.57. The summed E-state index contributed by atoms with van der Waals surface area (Å²) < 4.78 is 27.6. The number of rotatable bonds is 2. The standard InChI is InChI=1S/C19H22F2N4OS.2ClH/c1-11-7-13-18(25-5-4-24(2)12(10-25)3-6-26)22-16-8-14(20)15(21)9-17(16)23-19(13)27-11;;/h7-9,12,23,26H,3-6,10H2,1-2H3;2*1H/t12-;;/m0../s1. The van der Waals surface area contributed by atoms with Crippen molar-refractivity contribution >= 4 is 58.4 Å². The topological polar surface area (TPSA) is 51.1 Å². The Bertz CT molecular complexity index is 909. The van der Waals surface area contributed by atoms with E-state index in [1.165, 1.54) is 0 Å². The summed E-state index contributed by atoms with van der Waals surface area (Å²) in [5, 5.41) is 13.5. The number of anilines is 2. The van der Waals surface area contributed by atoms with Gasteiger partial charge in [0.05, 0.1) is 16.9 Å². The summed E-state index contributed by atoms with van der Waals surface area (Å²) >= 11 is 1.57. The van der Waals surface area contributed by atoms with Gasteiger partial charge in [-0.25, -0.2) is 13.8 Å². The smallest absolute Gasteiger partial charge is 0.161 e. The van der Waals surface area contributed by atoms with Crippen LogP contribution in [0.2, 0.25) is 0 Å². The maximum atomic E-state index is 13.8. The van der Waals surface area contributed by atoms with Crippen molar-refractivity contribution in [3.8, 4) is 0 Å². The Morgan fingerprint density at radius 3 is 2.66 bits per heavy atom. The Labute approximate surface area is 185 Å². The highest BCUT2D eigenvalue weighted by atomic mass is 35.5. The number of benzene rings is 1. The van der Waals surface area contributed by atoms with Gasteiger partial charge in [0, 0.05) is 49.3 Å². The predicted octanol–water partition coefficient (Wildman–Crippen LogP) is 4.31. The molecule has 10 heteroatoms. The van der Waals surface area contributed by atoms with E-state index in [0.717, 1.165) is 53.0 Å². The van der Waals surface area contributed by atoms with Gasteiger partial charge in [0.2, 0.25) is 0 Å². The van der Waals surface area contributed by atoms with E-state index in [0.29, 0.717) is 17.8 Å². The fourth-order valence-electron chi connectivity index (χ4n) is 3.64. The van der Waals surface area contributed by atoms with Crippen molar-refractivity contribution in [1.29, 1.82) is 0 Å². The zero-order chi connectivity index (χ0) is 19.1. The third-order valence-corrected chi connectivity index (χ3v) is 6.11. The van der Waals surface area contributed by atoms with Crippen molar-refractivity contribution in [2.75, 3.05) is 38.6 Å². The number of fused-ring (bicyclic) bond motifs is 2. The number of aliphatic hydroxyl groups is 1. The number of nitrogens with zero attached hydrogens (tertiary/aromatic N) is 3. The lowest BCUT2D eigenvalue weighted by Gasteiger charge is -2.40. The number of aliphatic hydroxyl groups excluding tert-OH is 1. The van der Waals surface area contributed by atoms with Crippen LogP contribution in [0.3, 0.4) is 0 Å². The molecule has 1 aromatic carbocycles. The van der Waals surface area contributed by atoms with E-state index in [-0.39, 0.29) is 37.5 Å². The lowest BCUT2D eigenvalue weighted by Crippen LogP contribution is -2.53. The highest BCUT2D eigenvalue weighted by molar-refractivity contribution is 7.16. The van der Waals surface area contributed by atoms with Gasteiger partial charge in [-0.1, -0.05) is 0 Å². The van der Waals surface area contributed by atoms with Crippen LogP contribution < -0.4 is 5.32 Å². The molecule has 0 spiro atoms. The van der Waals surface area contributed by atoms with Crippen LogP contribution in [0.25, 0.3) is 0 Å². The normalized spacial score (nSPS) is 18.4. The average molecular weight is 465 g/mol. The number of nitrogens with one attached hydrogen (secondary N) is 1. The number of thiophene rings is 1. The molecular weight excluding hydrogens is 441 g/mol. The monoisotopic (exact) mass is 464 g/mol. The molecule has 1 aromatic heterocycles. The van der Waals surface area contributed by atoms with Crippen LogP contribution in [0.5, 0.6) is 0 Å². The van der Waals surface area contributed by atoms with Gasteiger partial charge in [-0.05, 0) is 26.5 Å². The lowest BCUT2D eigenvalue weighted by atomic mass is 10.1. The number of amidine groups is 1. The molecule has 0 saturated carbocycles. The SMILES string of the molecule is Cc1cc2c(s1)Nc1cc(F)c(F)cc1N=C2N1CCN(C)[C@@H](CCO)C1.Cl.Cl. The average Bonchev–Trinajstić information content (AvgIpc) is 2.92. The molecule has 0 amide bonds. The lowest BCUT2D eigenvalue weighted by molar-refractivity contribution is 0.115. The summed E-state index contributed by atoms with van der Waals surface area (Å²) in [6.45, 7) is 4.50. The van der Waals surface area contributed by atoms with E-state index < -0.39 is 11.6 Å². The van der Waals surface area contributed by atoms with Gasteiger partial charge in [-0.3, -0.25) is 4.90 Å². The van der Waals surface area contributed by atoms with Crippen LogP contribution in [0.15, 0.2) is 23.2 Å². The van der Waals surface area contributed by atoms with Crippen LogP contribution in [0.1, 0.15) is 16.9 Å². The molecule has 1 fully saturated rings. The Balaban J connectivity index is 0.00000150. The minimum Gasteiger partial charge on any atom is -0.396 e. The number of piperazine rings is 1. The second-order valence-electron chi connectivity index (χ2n) is 7.04. The van der Waals surface area contributed by atoms with E-state index in [1.807, 2.05) is 6.92 Å². The van der Waals surface area contributed by atoms with Crippen molar-refractivity contribution in [2.45, 2.75) is 19.4 Å². The van der Waals surface area contributed by atoms with Gasteiger partial charge >= 0.3 is 0 Å². The van der Waals surface area contributed by atoms with Gasteiger partial charge in [0.15, 0.2) is 11.6 Å². The molecule has 5 nitrogen and oxygen atoms in total.